The van der Waals surface area contributed by atoms with E-state index in [-0.39, 0.29) is 0 Å². The lowest BCUT2D eigenvalue weighted by Crippen LogP contribution is -2.24. The molecule has 0 saturated heterocycles. The fourth-order valence-corrected chi connectivity index (χ4v) is 2.14. The summed E-state index contributed by atoms with van der Waals surface area (Å²) in [6.07, 6.45) is 3.31. The maximum absolute atomic E-state index is 5.63. The van der Waals surface area contributed by atoms with Crippen molar-refractivity contribution in [3.63, 3.8) is 0 Å². The summed E-state index contributed by atoms with van der Waals surface area (Å²) >= 11 is 0. The van der Waals surface area contributed by atoms with Crippen LogP contribution in [0.4, 0.5) is 5.95 Å². The second kappa shape index (κ2) is 4.81. The average molecular weight is 221 g/mol. The highest BCUT2D eigenvalue weighted by Gasteiger charge is 2.27. The predicted octanol–water partition coefficient (Wildman–Crippen LogP) is 2.91. The Morgan fingerprint density at radius 3 is 2.44 bits per heavy atom. The summed E-state index contributed by atoms with van der Waals surface area (Å²) in [6, 6.07) is 0. The van der Waals surface area contributed by atoms with Gasteiger partial charge in [-0.3, -0.25) is 0 Å². The van der Waals surface area contributed by atoms with E-state index in [1.165, 1.54) is 12.0 Å². The summed E-state index contributed by atoms with van der Waals surface area (Å²) in [5.74, 6) is 0.418. The molecule has 0 amide bonds. The van der Waals surface area contributed by atoms with E-state index in [2.05, 4.69) is 23.8 Å². The number of aryl methyl sites for hydroxylation is 2. The molecule has 3 heteroatoms. The van der Waals surface area contributed by atoms with Gasteiger partial charge in [-0.05, 0) is 37.2 Å². The third-order valence-electron chi connectivity index (χ3n) is 3.01. The van der Waals surface area contributed by atoms with E-state index < -0.39 is 0 Å². The van der Waals surface area contributed by atoms with Crippen molar-refractivity contribution in [2.24, 2.45) is 5.41 Å². The van der Waals surface area contributed by atoms with Gasteiger partial charge in [-0.2, -0.15) is 0 Å². The molecule has 0 bridgehead atoms. The van der Waals surface area contributed by atoms with E-state index in [4.69, 9.17) is 5.73 Å². The molecule has 0 unspecified atom stereocenters. The monoisotopic (exact) mass is 221 g/mol. The van der Waals surface area contributed by atoms with Crippen LogP contribution in [0.1, 0.15) is 51.1 Å². The van der Waals surface area contributed by atoms with E-state index in [1.807, 2.05) is 20.8 Å². The SMILES string of the molecule is CC.Cc1nc(N)nc2c1CC(C)(C)CC2. The Morgan fingerprint density at radius 1 is 1.19 bits per heavy atom. The minimum absolute atomic E-state index is 0.386. The molecule has 0 radical (unpaired) electrons. The van der Waals surface area contributed by atoms with Gasteiger partial charge in [0.05, 0.1) is 0 Å². The lowest BCUT2D eigenvalue weighted by Gasteiger charge is -2.31. The Labute approximate surface area is 98.5 Å². The number of anilines is 1. The number of nitrogens with two attached hydrogens (primary N) is 1. The molecule has 1 aromatic heterocycles. The van der Waals surface area contributed by atoms with Gasteiger partial charge in [0.25, 0.3) is 0 Å². The second-order valence-corrected chi connectivity index (χ2v) is 4.93. The van der Waals surface area contributed by atoms with Crippen molar-refractivity contribution in [2.75, 3.05) is 5.73 Å². The van der Waals surface area contributed by atoms with Gasteiger partial charge < -0.3 is 5.73 Å². The van der Waals surface area contributed by atoms with Crippen LogP contribution < -0.4 is 5.73 Å². The molecule has 2 rings (SSSR count). The highest BCUT2D eigenvalue weighted by Crippen LogP contribution is 2.34. The first kappa shape index (κ1) is 12.9. The van der Waals surface area contributed by atoms with Crippen molar-refractivity contribution in [3.8, 4) is 0 Å². The minimum Gasteiger partial charge on any atom is -0.368 e. The molecule has 0 saturated carbocycles. The molecule has 16 heavy (non-hydrogen) atoms. The number of hydrogen-bond acceptors (Lipinski definition) is 3. The molecular formula is C13H23N3. The molecule has 1 heterocycles. The van der Waals surface area contributed by atoms with Crippen molar-refractivity contribution in [2.45, 2.75) is 53.9 Å². The lowest BCUT2D eigenvalue weighted by molar-refractivity contribution is 0.310. The van der Waals surface area contributed by atoms with Crippen LogP contribution in [0.25, 0.3) is 0 Å². The smallest absolute Gasteiger partial charge is 0.220 e. The van der Waals surface area contributed by atoms with Crippen LogP contribution in [0.15, 0.2) is 0 Å². The zero-order chi connectivity index (χ0) is 12.3. The largest absolute Gasteiger partial charge is 0.368 e. The van der Waals surface area contributed by atoms with E-state index in [1.54, 1.807) is 0 Å². The maximum atomic E-state index is 5.63. The number of aromatic nitrogens is 2. The van der Waals surface area contributed by atoms with Crippen LogP contribution in [0.3, 0.4) is 0 Å². The normalized spacial score (nSPS) is 17.1. The first-order valence-corrected chi connectivity index (χ1v) is 6.10. The fourth-order valence-electron chi connectivity index (χ4n) is 2.14. The van der Waals surface area contributed by atoms with Gasteiger partial charge in [0.15, 0.2) is 0 Å². The van der Waals surface area contributed by atoms with E-state index >= 15 is 0 Å². The summed E-state index contributed by atoms with van der Waals surface area (Å²) in [7, 11) is 0. The van der Waals surface area contributed by atoms with Crippen LogP contribution in [-0.2, 0) is 12.8 Å². The summed E-state index contributed by atoms with van der Waals surface area (Å²) in [6.45, 7) is 10.6. The van der Waals surface area contributed by atoms with Crippen molar-refractivity contribution in [3.05, 3.63) is 17.0 Å². The van der Waals surface area contributed by atoms with E-state index in [0.717, 1.165) is 24.2 Å². The topological polar surface area (TPSA) is 51.8 Å². The quantitative estimate of drug-likeness (QED) is 0.733. The summed E-state index contributed by atoms with van der Waals surface area (Å²) in [5.41, 5.74) is 9.55. The molecule has 1 aromatic rings. The van der Waals surface area contributed by atoms with E-state index in [9.17, 15) is 0 Å². The third kappa shape index (κ3) is 2.71. The van der Waals surface area contributed by atoms with Crippen molar-refractivity contribution in [1.29, 1.82) is 0 Å². The molecule has 0 aromatic carbocycles. The van der Waals surface area contributed by atoms with Gasteiger partial charge in [0.2, 0.25) is 5.95 Å². The van der Waals surface area contributed by atoms with Gasteiger partial charge in [0.1, 0.15) is 0 Å². The van der Waals surface area contributed by atoms with Crippen LogP contribution in [-0.4, -0.2) is 9.97 Å². The van der Waals surface area contributed by atoms with Crippen molar-refractivity contribution >= 4 is 5.95 Å². The zero-order valence-corrected chi connectivity index (χ0v) is 11.1. The predicted molar refractivity (Wildman–Crippen MR) is 68.3 cm³/mol. The molecule has 0 spiro atoms. The zero-order valence-electron chi connectivity index (χ0n) is 11.1. The Hall–Kier alpha value is -1.12. The number of fused-ring (bicyclic) bond motifs is 1. The summed E-state index contributed by atoms with van der Waals surface area (Å²) < 4.78 is 0. The van der Waals surface area contributed by atoms with Crippen LogP contribution >= 0.6 is 0 Å². The van der Waals surface area contributed by atoms with Gasteiger partial charge in [0, 0.05) is 11.4 Å². The molecule has 3 nitrogen and oxygen atoms in total. The van der Waals surface area contributed by atoms with Gasteiger partial charge in [-0.25, -0.2) is 9.97 Å². The number of nitrogen functional groups attached to an aromatic ring is 1. The first-order chi connectivity index (χ1) is 7.48. The summed E-state index contributed by atoms with van der Waals surface area (Å²) in [4.78, 5) is 8.53. The van der Waals surface area contributed by atoms with Gasteiger partial charge >= 0.3 is 0 Å². The van der Waals surface area contributed by atoms with Gasteiger partial charge in [-0.15, -0.1) is 0 Å². The minimum atomic E-state index is 0.386. The standard InChI is InChI=1S/C11H17N3.C2H6/c1-7-8-6-11(2,3)5-4-9(8)14-10(12)13-7;1-2/h4-6H2,1-3H3,(H2,12,13,14);1-2H3. The molecule has 1 aliphatic rings. The maximum Gasteiger partial charge on any atom is 0.220 e. The molecule has 0 fully saturated rings. The lowest BCUT2D eigenvalue weighted by atomic mass is 9.75. The molecule has 1 aliphatic carbocycles. The summed E-state index contributed by atoms with van der Waals surface area (Å²) in [5, 5.41) is 0. The molecule has 90 valence electrons. The third-order valence-corrected chi connectivity index (χ3v) is 3.01. The number of hydrogen-bond donors (Lipinski definition) is 1. The van der Waals surface area contributed by atoms with Crippen molar-refractivity contribution in [1.82, 2.24) is 9.97 Å². The van der Waals surface area contributed by atoms with Gasteiger partial charge in [-0.1, -0.05) is 27.7 Å². The second-order valence-electron chi connectivity index (χ2n) is 4.93. The Kier molecular flexibility index (Phi) is 3.89. The fraction of sp³-hybridized carbons (Fsp3) is 0.692. The number of rotatable bonds is 0. The first-order valence-electron chi connectivity index (χ1n) is 6.10. The highest BCUT2D eigenvalue weighted by molar-refractivity contribution is 5.33. The Bertz CT molecular complexity index is 370. The molecule has 0 atom stereocenters. The molecule has 0 aliphatic heterocycles. The Balaban J connectivity index is 0.000000606. The highest BCUT2D eigenvalue weighted by atomic mass is 15.0. The van der Waals surface area contributed by atoms with E-state index in [0.29, 0.717) is 11.4 Å². The molecule has 2 N–H and O–H groups in total. The molecular weight excluding hydrogens is 198 g/mol. The van der Waals surface area contributed by atoms with Crippen LogP contribution in [0.2, 0.25) is 0 Å². The van der Waals surface area contributed by atoms with Crippen LogP contribution in [0.5, 0.6) is 0 Å². The number of nitrogens with zero attached hydrogens (tertiary/aromatic N) is 2. The van der Waals surface area contributed by atoms with Crippen molar-refractivity contribution < 1.29 is 0 Å². The average Bonchev–Trinajstić information content (AvgIpc) is 2.22. The Morgan fingerprint density at radius 2 is 1.81 bits per heavy atom. The van der Waals surface area contributed by atoms with Crippen LogP contribution in [0, 0.1) is 12.3 Å².